The van der Waals surface area contributed by atoms with Gasteiger partial charge in [-0.1, -0.05) is 20.3 Å². The lowest BCUT2D eigenvalue weighted by Gasteiger charge is -2.28. The Morgan fingerprint density at radius 3 is 2.50 bits per heavy atom. The summed E-state index contributed by atoms with van der Waals surface area (Å²) in [6.07, 6.45) is 3.59. The molecule has 0 radical (unpaired) electrons. The zero-order valence-electron chi connectivity index (χ0n) is 11.1. The van der Waals surface area contributed by atoms with E-state index >= 15 is 0 Å². The molecule has 3 heteroatoms. The molecule has 0 aliphatic heterocycles. The fourth-order valence-electron chi connectivity index (χ4n) is 1.74. The molecule has 1 heterocycles. The van der Waals surface area contributed by atoms with E-state index in [4.69, 9.17) is 0 Å². The first kappa shape index (κ1) is 13.2. The van der Waals surface area contributed by atoms with Crippen molar-refractivity contribution in [1.82, 2.24) is 9.78 Å². The van der Waals surface area contributed by atoms with Crippen molar-refractivity contribution in [3.63, 3.8) is 0 Å². The molecule has 2 unspecified atom stereocenters. The Morgan fingerprint density at radius 1 is 1.44 bits per heavy atom. The summed E-state index contributed by atoms with van der Waals surface area (Å²) in [6.45, 7) is 10.3. The van der Waals surface area contributed by atoms with Gasteiger partial charge in [0.15, 0.2) is 0 Å². The number of aromatic nitrogens is 2. The minimum absolute atomic E-state index is 0.289. The highest BCUT2D eigenvalue weighted by molar-refractivity contribution is 5.04. The number of nitrogens with zero attached hydrogens (tertiary/aromatic N) is 2. The van der Waals surface area contributed by atoms with Gasteiger partial charge in [-0.25, -0.2) is 0 Å². The van der Waals surface area contributed by atoms with Crippen LogP contribution in [-0.2, 0) is 6.42 Å². The van der Waals surface area contributed by atoms with E-state index in [0.29, 0.717) is 12.5 Å². The molecule has 1 N–H and O–H groups in total. The quantitative estimate of drug-likeness (QED) is 0.835. The molecule has 0 spiro atoms. The van der Waals surface area contributed by atoms with Crippen LogP contribution in [0.25, 0.3) is 0 Å². The lowest BCUT2D eigenvalue weighted by molar-refractivity contribution is 0.00419. The fraction of sp³-hybridized carbons (Fsp3) is 0.769. The molecule has 0 aliphatic rings. The van der Waals surface area contributed by atoms with E-state index in [1.165, 1.54) is 0 Å². The highest BCUT2D eigenvalue weighted by atomic mass is 16.3. The van der Waals surface area contributed by atoms with Crippen molar-refractivity contribution in [2.45, 2.75) is 59.1 Å². The molecule has 0 bridgehead atoms. The van der Waals surface area contributed by atoms with Gasteiger partial charge in [-0.05, 0) is 32.8 Å². The van der Waals surface area contributed by atoms with Crippen LogP contribution in [0.4, 0.5) is 0 Å². The molecule has 3 nitrogen and oxygen atoms in total. The maximum atomic E-state index is 10.3. The Morgan fingerprint density at radius 2 is 2.06 bits per heavy atom. The van der Waals surface area contributed by atoms with Gasteiger partial charge >= 0.3 is 0 Å². The van der Waals surface area contributed by atoms with E-state index in [-0.39, 0.29) is 5.92 Å². The third-order valence-electron chi connectivity index (χ3n) is 3.41. The topological polar surface area (TPSA) is 38.0 Å². The first-order chi connectivity index (χ1) is 7.36. The summed E-state index contributed by atoms with van der Waals surface area (Å²) in [5.74, 6) is 0.289. The molecule has 1 aromatic heterocycles. The maximum Gasteiger partial charge on any atom is 0.0700 e. The molecule has 0 saturated carbocycles. The van der Waals surface area contributed by atoms with Gasteiger partial charge in [-0.2, -0.15) is 5.10 Å². The molecule has 0 amide bonds. The van der Waals surface area contributed by atoms with Crippen LogP contribution in [0.15, 0.2) is 12.3 Å². The van der Waals surface area contributed by atoms with Crippen LogP contribution in [-0.4, -0.2) is 20.5 Å². The highest BCUT2D eigenvalue weighted by Gasteiger charge is 2.28. The zero-order chi connectivity index (χ0) is 12.3. The van der Waals surface area contributed by atoms with E-state index < -0.39 is 5.60 Å². The molecule has 0 aliphatic carbocycles. The van der Waals surface area contributed by atoms with Crippen LogP contribution >= 0.6 is 0 Å². The Balaban J connectivity index is 2.72. The first-order valence-corrected chi connectivity index (χ1v) is 6.13. The summed E-state index contributed by atoms with van der Waals surface area (Å²) in [5, 5.41) is 14.8. The Hall–Kier alpha value is -0.830. The van der Waals surface area contributed by atoms with Crippen LogP contribution in [0, 0.1) is 5.92 Å². The van der Waals surface area contributed by atoms with E-state index in [1.807, 2.05) is 23.9 Å². The average Bonchev–Trinajstić information content (AvgIpc) is 2.64. The molecule has 92 valence electrons. The smallest absolute Gasteiger partial charge is 0.0700 e. The molecule has 0 aromatic carbocycles. The normalized spacial score (nSPS) is 17.4. The minimum atomic E-state index is -0.662. The first-order valence-electron chi connectivity index (χ1n) is 6.13. The van der Waals surface area contributed by atoms with Crippen molar-refractivity contribution in [2.24, 2.45) is 5.92 Å². The second kappa shape index (κ2) is 5.00. The van der Waals surface area contributed by atoms with Crippen molar-refractivity contribution in [3.05, 3.63) is 18.0 Å². The number of aliphatic hydroxyl groups is 1. The minimum Gasteiger partial charge on any atom is -0.389 e. The molecule has 1 rings (SSSR count). The van der Waals surface area contributed by atoms with Crippen molar-refractivity contribution in [2.75, 3.05) is 0 Å². The highest BCUT2D eigenvalue weighted by Crippen LogP contribution is 2.24. The van der Waals surface area contributed by atoms with Crippen molar-refractivity contribution >= 4 is 0 Å². The average molecular weight is 224 g/mol. The predicted molar refractivity (Wildman–Crippen MR) is 66.4 cm³/mol. The monoisotopic (exact) mass is 224 g/mol. The van der Waals surface area contributed by atoms with E-state index in [1.54, 1.807) is 0 Å². The van der Waals surface area contributed by atoms with Crippen LogP contribution < -0.4 is 0 Å². The van der Waals surface area contributed by atoms with Crippen molar-refractivity contribution in [3.8, 4) is 0 Å². The van der Waals surface area contributed by atoms with E-state index in [9.17, 15) is 5.11 Å². The van der Waals surface area contributed by atoms with Gasteiger partial charge in [-0.15, -0.1) is 0 Å². The second-order valence-corrected chi connectivity index (χ2v) is 5.22. The molecule has 2 atom stereocenters. The molecular weight excluding hydrogens is 200 g/mol. The second-order valence-electron chi connectivity index (χ2n) is 5.22. The van der Waals surface area contributed by atoms with Crippen LogP contribution in [0.1, 0.15) is 52.8 Å². The standard InChI is InChI=1S/C13H24N2O/c1-6-11(4)13(5,16)9-12-7-8-15(14-12)10(2)3/h7-8,10-11,16H,6,9H2,1-5H3. The third-order valence-corrected chi connectivity index (χ3v) is 3.41. The Labute approximate surface area is 98.5 Å². The van der Waals surface area contributed by atoms with Crippen LogP contribution in [0.2, 0.25) is 0 Å². The van der Waals surface area contributed by atoms with E-state index in [2.05, 4.69) is 32.8 Å². The molecule has 1 aromatic rings. The predicted octanol–water partition coefficient (Wildman–Crippen LogP) is 2.80. The fourth-order valence-corrected chi connectivity index (χ4v) is 1.74. The van der Waals surface area contributed by atoms with Gasteiger partial charge in [-0.3, -0.25) is 4.68 Å². The van der Waals surface area contributed by atoms with Gasteiger partial charge in [0, 0.05) is 18.7 Å². The lowest BCUT2D eigenvalue weighted by atomic mass is 9.85. The molecular formula is C13H24N2O. The summed E-state index contributed by atoms with van der Waals surface area (Å²) in [5.41, 5.74) is 0.310. The molecule has 0 fully saturated rings. The summed E-state index contributed by atoms with van der Waals surface area (Å²) in [6, 6.07) is 2.37. The summed E-state index contributed by atoms with van der Waals surface area (Å²) < 4.78 is 1.93. The molecule has 0 saturated heterocycles. The number of rotatable bonds is 5. The van der Waals surface area contributed by atoms with Gasteiger partial charge in [0.2, 0.25) is 0 Å². The van der Waals surface area contributed by atoms with Crippen LogP contribution in [0.3, 0.4) is 0 Å². The number of hydrogen-bond donors (Lipinski definition) is 1. The van der Waals surface area contributed by atoms with Gasteiger partial charge < -0.3 is 5.11 Å². The summed E-state index contributed by atoms with van der Waals surface area (Å²) in [4.78, 5) is 0. The Kier molecular flexibility index (Phi) is 4.14. The van der Waals surface area contributed by atoms with Crippen molar-refractivity contribution < 1.29 is 5.11 Å². The number of hydrogen-bond acceptors (Lipinski definition) is 2. The lowest BCUT2D eigenvalue weighted by Crippen LogP contribution is -2.35. The van der Waals surface area contributed by atoms with Gasteiger partial charge in [0.1, 0.15) is 0 Å². The maximum absolute atomic E-state index is 10.3. The van der Waals surface area contributed by atoms with Gasteiger partial charge in [0.25, 0.3) is 0 Å². The molecule has 16 heavy (non-hydrogen) atoms. The zero-order valence-corrected chi connectivity index (χ0v) is 11.1. The van der Waals surface area contributed by atoms with Gasteiger partial charge in [0.05, 0.1) is 11.3 Å². The van der Waals surface area contributed by atoms with Crippen molar-refractivity contribution in [1.29, 1.82) is 0 Å². The Bertz CT molecular complexity index is 328. The SMILES string of the molecule is CCC(C)C(C)(O)Cc1ccn(C(C)C)n1. The summed E-state index contributed by atoms with van der Waals surface area (Å²) >= 11 is 0. The van der Waals surface area contributed by atoms with Crippen LogP contribution in [0.5, 0.6) is 0 Å². The van der Waals surface area contributed by atoms with E-state index in [0.717, 1.165) is 12.1 Å². The summed E-state index contributed by atoms with van der Waals surface area (Å²) in [7, 11) is 0. The largest absolute Gasteiger partial charge is 0.389 e. The third kappa shape index (κ3) is 3.08.